The number of nitrogens with zero attached hydrogens (tertiary/aromatic N) is 1. The lowest BCUT2D eigenvalue weighted by molar-refractivity contribution is 0.243. The lowest BCUT2D eigenvalue weighted by Crippen LogP contribution is -2.34. The van der Waals surface area contributed by atoms with Crippen molar-refractivity contribution in [3.05, 3.63) is 77.9 Å². The SMILES string of the molecule is C=CCN1CCc2cc(O)c(O)cc2C1/C=C/c1ccccc1. The molecule has 0 saturated heterocycles. The molecule has 0 spiro atoms. The molecule has 1 atom stereocenters. The summed E-state index contributed by atoms with van der Waals surface area (Å²) in [4.78, 5) is 2.31. The molecule has 2 aromatic rings. The molecule has 0 aliphatic carbocycles. The third kappa shape index (κ3) is 3.30. The van der Waals surface area contributed by atoms with Gasteiger partial charge in [0.2, 0.25) is 0 Å². The molecule has 0 aromatic heterocycles. The van der Waals surface area contributed by atoms with Gasteiger partial charge in [-0.3, -0.25) is 4.90 Å². The Bertz CT molecular complexity index is 722. The standard InChI is InChI=1S/C20H21NO2/c1-2-11-21-12-10-16-13-19(22)20(23)14-17(16)18(21)9-8-15-6-4-3-5-7-15/h2-9,13-14,18,22-23H,1,10-12H2/b9-8+. The van der Waals surface area contributed by atoms with Crippen molar-refractivity contribution in [3.63, 3.8) is 0 Å². The Hall–Kier alpha value is -2.52. The van der Waals surface area contributed by atoms with Crippen molar-refractivity contribution in [1.29, 1.82) is 0 Å². The van der Waals surface area contributed by atoms with E-state index in [1.807, 2.05) is 24.3 Å². The summed E-state index contributed by atoms with van der Waals surface area (Å²) in [7, 11) is 0. The highest BCUT2D eigenvalue weighted by atomic mass is 16.3. The number of rotatable bonds is 4. The molecule has 1 heterocycles. The van der Waals surface area contributed by atoms with Gasteiger partial charge < -0.3 is 10.2 Å². The van der Waals surface area contributed by atoms with Crippen LogP contribution in [-0.2, 0) is 6.42 Å². The fraction of sp³-hybridized carbons (Fsp3) is 0.200. The van der Waals surface area contributed by atoms with Crippen LogP contribution in [0.25, 0.3) is 6.08 Å². The van der Waals surface area contributed by atoms with Crippen molar-refractivity contribution in [3.8, 4) is 11.5 Å². The van der Waals surface area contributed by atoms with Crippen molar-refractivity contribution in [2.45, 2.75) is 12.5 Å². The van der Waals surface area contributed by atoms with Crippen LogP contribution in [0.4, 0.5) is 0 Å². The average molecular weight is 307 g/mol. The van der Waals surface area contributed by atoms with Crippen molar-refractivity contribution < 1.29 is 10.2 Å². The van der Waals surface area contributed by atoms with Crippen LogP contribution in [0.3, 0.4) is 0 Å². The fourth-order valence-corrected chi connectivity index (χ4v) is 3.09. The second kappa shape index (κ2) is 6.71. The number of phenols is 2. The summed E-state index contributed by atoms with van der Waals surface area (Å²) in [6.07, 6.45) is 6.99. The molecule has 0 fully saturated rings. The number of hydrogen-bond donors (Lipinski definition) is 2. The van der Waals surface area contributed by atoms with E-state index in [2.05, 4.69) is 35.8 Å². The Balaban J connectivity index is 1.98. The second-order valence-corrected chi connectivity index (χ2v) is 5.79. The summed E-state index contributed by atoms with van der Waals surface area (Å²) < 4.78 is 0. The lowest BCUT2D eigenvalue weighted by Gasteiger charge is -2.35. The monoisotopic (exact) mass is 307 g/mol. The largest absolute Gasteiger partial charge is 0.504 e. The normalized spacial score (nSPS) is 18.0. The molecule has 0 saturated carbocycles. The molecule has 1 aliphatic rings. The Labute approximate surface area is 136 Å². The van der Waals surface area contributed by atoms with Gasteiger partial charge in [-0.15, -0.1) is 6.58 Å². The van der Waals surface area contributed by atoms with Crippen molar-refractivity contribution in [1.82, 2.24) is 4.90 Å². The van der Waals surface area contributed by atoms with E-state index in [9.17, 15) is 10.2 Å². The molecule has 1 aliphatic heterocycles. The Kier molecular flexibility index (Phi) is 4.49. The van der Waals surface area contributed by atoms with Gasteiger partial charge in [-0.25, -0.2) is 0 Å². The van der Waals surface area contributed by atoms with Gasteiger partial charge >= 0.3 is 0 Å². The molecule has 3 nitrogen and oxygen atoms in total. The lowest BCUT2D eigenvalue weighted by atomic mass is 9.91. The first kappa shape index (κ1) is 15.4. The van der Waals surface area contributed by atoms with Gasteiger partial charge in [0.15, 0.2) is 11.5 Å². The van der Waals surface area contributed by atoms with Crippen LogP contribution in [0.5, 0.6) is 11.5 Å². The highest BCUT2D eigenvalue weighted by Gasteiger charge is 2.26. The molecule has 2 aromatic carbocycles. The number of fused-ring (bicyclic) bond motifs is 1. The van der Waals surface area contributed by atoms with Crippen molar-refractivity contribution >= 4 is 6.08 Å². The maximum Gasteiger partial charge on any atom is 0.157 e. The molecule has 3 rings (SSSR count). The van der Waals surface area contributed by atoms with Crippen molar-refractivity contribution in [2.75, 3.05) is 13.1 Å². The van der Waals surface area contributed by atoms with E-state index in [1.54, 1.807) is 12.1 Å². The van der Waals surface area contributed by atoms with Crippen LogP contribution < -0.4 is 0 Å². The molecule has 0 amide bonds. The first-order valence-corrected chi connectivity index (χ1v) is 7.82. The zero-order valence-corrected chi connectivity index (χ0v) is 13.0. The molecule has 23 heavy (non-hydrogen) atoms. The zero-order chi connectivity index (χ0) is 16.2. The third-order valence-corrected chi connectivity index (χ3v) is 4.25. The maximum absolute atomic E-state index is 9.88. The summed E-state index contributed by atoms with van der Waals surface area (Å²) in [6, 6.07) is 13.6. The van der Waals surface area contributed by atoms with Gasteiger partial charge in [0.25, 0.3) is 0 Å². The average Bonchev–Trinajstić information content (AvgIpc) is 2.56. The summed E-state index contributed by atoms with van der Waals surface area (Å²) in [5.74, 6) is -0.117. The van der Waals surface area contributed by atoms with E-state index < -0.39 is 0 Å². The molecule has 0 bridgehead atoms. The molecular weight excluding hydrogens is 286 g/mol. The molecule has 118 valence electrons. The highest BCUT2D eigenvalue weighted by molar-refractivity contribution is 5.54. The smallest absolute Gasteiger partial charge is 0.157 e. The Morgan fingerprint density at radius 3 is 2.61 bits per heavy atom. The van der Waals surface area contributed by atoms with Crippen LogP contribution in [0.1, 0.15) is 22.7 Å². The number of aromatic hydroxyl groups is 2. The van der Waals surface area contributed by atoms with Crippen molar-refractivity contribution in [2.24, 2.45) is 0 Å². The quantitative estimate of drug-likeness (QED) is 0.665. The summed E-state index contributed by atoms with van der Waals surface area (Å²) in [5.41, 5.74) is 3.27. The summed E-state index contributed by atoms with van der Waals surface area (Å²) in [6.45, 7) is 5.52. The molecular formula is C20H21NO2. The van der Waals surface area contributed by atoms with Crippen LogP contribution in [0, 0.1) is 0 Å². The van der Waals surface area contributed by atoms with Gasteiger partial charge in [-0.05, 0) is 35.2 Å². The predicted molar refractivity (Wildman–Crippen MR) is 93.5 cm³/mol. The minimum absolute atomic E-state index is 0.0493. The topological polar surface area (TPSA) is 43.7 Å². The van der Waals surface area contributed by atoms with Crippen LogP contribution >= 0.6 is 0 Å². The molecule has 2 N–H and O–H groups in total. The third-order valence-electron chi connectivity index (χ3n) is 4.25. The van der Waals surface area contributed by atoms with E-state index in [4.69, 9.17) is 0 Å². The van der Waals surface area contributed by atoms with Crippen LogP contribution in [-0.4, -0.2) is 28.2 Å². The minimum atomic E-state index is -0.0673. The second-order valence-electron chi connectivity index (χ2n) is 5.79. The van der Waals surface area contributed by atoms with Gasteiger partial charge in [0.1, 0.15) is 0 Å². The number of hydrogen-bond acceptors (Lipinski definition) is 3. The Morgan fingerprint density at radius 1 is 1.13 bits per heavy atom. The van der Waals surface area contributed by atoms with E-state index in [0.717, 1.165) is 36.2 Å². The van der Waals surface area contributed by atoms with Gasteiger partial charge in [0.05, 0.1) is 6.04 Å². The Morgan fingerprint density at radius 2 is 1.87 bits per heavy atom. The molecule has 3 heteroatoms. The maximum atomic E-state index is 9.88. The van der Waals surface area contributed by atoms with E-state index in [-0.39, 0.29) is 17.5 Å². The molecule has 0 radical (unpaired) electrons. The van der Waals surface area contributed by atoms with Crippen LogP contribution in [0.15, 0.2) is 61.2 Å². The van der Waals surface area contributed by atoms with Crippen LogP contribution in [0.2, 0.25) is 0 Å². The van der Waals surface area contributed by atoms with Gasteiger partial charge in [-0.1, -0.05) is 48.6 Å². The highest BCUT2D eigenvalue weighted by Crippen LogP contribution is 2.37. The summed E-state index contributed by atoms with van der Waals surface area (Å²) in [5, 5.41) is 19.6. The number of phenolic OH excluding ortho intramolecular Hbond substituents is 2. The van der Waals surface area contributed by atoms with Gasteiger partial charge in [-0.2, -0.15) is 0 Å². The fourth-order valence-electron chi connectivity index (χ4n) is 3.09. The first-order chi connectivity index (χ1) is 11.2. The summed E-state index contributed by atoms with van der Waals surface area (Å²) >= 11 is 0. The number of benzene rings is 2. The van der Waals surface area contributed by atoms with E-state index in [0.29, 0.717) is 0 Å². The molecule has 1 unspecified atom stereocenters. The van der Waals surface area contributed by atoms with Gasteiger partial charge in [0, 0.05) is 13.1 Å². The van der Waals surface area contributed by atoms with E-state index in [1.165, 1.54) is 0 Å². The first-order valence-electron chi connectivity index (χ1n) is 7.82. The minimum Gasteiger partial charge on any atom is -0.504 e. The zero-order valence-electron chi connectivity index (χ0n) is 13.0. The van der Waals surface area contributed by atoms with E-state index >= 15 is 0 Å². The predicted octanol–water partition coefficient (Wildman–Crippen LogP) is 3.90.